The van der Waals surface area contributed by atoms with E-state index in [9.17, 15) is 9.90 Å². The van der Waals surface area contributed by atoms with Crippen molar-refractivity contribution in [2.45, 2.75) is 95.3 Å². The van der Waals surface area contributed by atoms with Gasteiger partial charge in [-0.3, -0.25) is 9.89 Å². The van der Waals surface area contributed by atoms with Gasteiger partial charge in [-0.25, -0.2) is 4.79 Å². The fourth-order valence-corrected chi connectivity index (χ4v) is 7.13. The van der Waals surface area contributed by atoms with Gasteiger partial charge in [-0.2, -0.15) is 0 Å². The van der Waals surface area contributed by atoms with Crippen LogP contribution < -0.4 is 9.47 Å². The molecule has 2 heterocycles. The highest BCUT2D eigenvalue weighted by atomic mass is 32.2. The number of fused-ring (bicyclic) bond motifs is 1. The lowest BCUT2D eigenvalue weighted by molar-refractivity contribution is -0.204. The molecule has 1 fully saturated rings. The molecule has 0 spiro atoms. The molecule has 2 aliphatic heterocycles. The third kappa shape index (κ3) is 8.81. The molecule has 1 N–H and O–H groups in total. The molecule has 2 aromatic rings. The van der Waals surface area contributed by atoms with Gasteiger partial charge in [0, 0.05) is 6.54 Å². The minimum Gasteiger partial charge on any atom is -0.497 e. The maximum Gasteiger partial charge on any atom is 0.413 e. The molecule has 1 saturated heterocycles. The first kappa shape index (κ1) is 35.2. The van der Waals surface area contributed by atoms with Crippen molar-refractivity contribution in [2.75, 3.05) is 27.4 Å². The quantitative estimate of drug-likeness (QED) is 0.233. The van der Waals surface area contributed by atoms with Crippen molar-refractivity contribution < 1.29 is 38.0 Å². The lowest BCUT2D eigenvalue weighted by atomic mass is 9.97. The molecule has 0 unspecified atom stereocenters. The Labute approximate surface area is 272 Å². The van der Waals surface area contributed by atoms with Gasteiger partial charge in [-0.1, -0.05) is 63.7 Å². The molecule has 0 radical (unpaired) electrons. The van der Waals surface area contributed by atoms with Crippen molar-refractivity contribution in [2.24, 2.45) is 4.99 Å². The fourth-order valence-electron chi connectivity index (χ4n) is 4.88. The van der Waals surface area contributed by atoms with Crippen LogP contribution in [-0.4, -0.2) is 86.7 Å². The van der Waals surface area contributed by atoms with Crippen molar-refractivity contribution in [3.63, 3.8) is 0 Å². The second-order valence-electron chi connectivity index (χ2n) is 12.8. The van der Waals surface area contributed by atoms with Gasteiger partial charge in [0.25, 0.3) is 0 Å². The SMILES string of the molecule is CCCN(C(=O)O)C1=N[C@@H]2[C@@H](OCc3ccc(OC)cc3)[C@H](OCc3ccc(OC)cc3)[C@@H](CO[Si](C)(C)C(C)(C)C)O[C@@H]2S1. The van der Waals surface area contributed by atoms with Crippen LogP contribution in [0, 0.1) is 0 Å². The molecule has 2 aromatic carbocycles. The normalized spacial score (nSPS) is 23.3. The van der Waals surface area contributed by atoms with Crippen LogP contribution >= 0.6 is 11.8 Å². The summed E-state index contributed by atoms with van der Waals surface area (Å²) in [5.41, 5.74) is 1.49. The van der Waals surface area contributed by atoms with E-state index in [-0.39, 0.29) is 5.04 Å². The number of amidine groups is 1. The van der Waals surface area contributed by atoms with E-state index >= 15 is 0 Å². The summed E-state index contributed by atoms with van der Waals surface area (Å²) < 4.78 is 37.4. The van der Waals surface area contributed by atoms with Crippen LogP contribution in [0.4, 0.5) is 4.79 Å². The van der Waals surface area contributed by atoms with E-state index in [4.69, 9.17) is 33.1 Å². The zero-order valence-electron chi connectivity index (χ0n) is 27.6. The molecule has 12 heteroatoms. The summed E-state index contributed by atoms with van der Waals surface area (Å²) in [6.45, 7) is 14.3. The Hall–Kier alpha value is -2.61. The van der Waals surface area contributed by atoms with Crippen LogP contribution in [0.5, 0.6) is 11.5 Å². The van der Waals surface area contributed by atoms with Crippen molar-refractivity contribution >= 4 is 31.3 Å². The molecule has 5 atom stereocenters. The number of ether oxygens (including phenoxy) is 5. The summed E-state index contributed by atoms with van der Waals surface area (Å²) in [6, 6.07) is 15.0. The predicted octanol–water partition coefficient (Wildman–Crippen LogP) is 6.78. The van der Waals surface area contributed by atoms with Gasteiger partial charge in [0.05, 0.1) is 34.0 Å². The van der Waals surface area contributed by atoms with Gasteiger partial charge >= 0.3 is 6.09 Å². The monoisotopic (exact) mass is 660 g/mol. The average molecular weight is 661 g/mol. The number of rotatable bonds is 13. The van der Waals surface area contributed by atoms with Crippen LogP contribution in [-0.2, 0) is 31.9 Å². The van der Waals surface area contributed by atoms with Crippen molar-refractivity contribution in [1.29, 1.82) is 0 Å². The van der Waals surface area contributed by atoms with Crippen molar-refractivity contribution in [1.82, 2.24) is 4.90 Å². The molecule has 248 valence electrons. The average Bonchev–Trinajstić information content (AvgIpc) is 3.43. The molecule has 1 amide bonds. The summed E-state index contributed by atoms with van der Waals surface area (Å²) in [7, 11) is 1.14. The number of hydrogen-bond donors (Lipinski definition) is 1. The summed E-state index contributed by atoms with van der Waals surface area (Å²) in [5, 5.41) is 10.4. The summed E-state index contributed by atoms with van der Waals surface area (Å²) in [4.78, 5) is 18.4. The lowest BCUT2D eigenvalue weighted by Crippen LogP contribution is -2.59. The van der Waals surface area contributed by atoms with Gasteiger partial charge in [-0.05, 0) is 59.9 Å². The number of carboxylic acid groups (broad SMARTS) is 1. The van der Waals surface area contributed by atoms with E-state index in [1.54, 1.807) is 14.2 Å². The number of hydrogen-bond acceptors (Lipinski definition) is 9. The first-order chi connectivity index (χ1) is 21.4. The van der Waals surface area contributed by atoms with Crippen LogP contribution in [0.25, 0.3) is 0 Å². The Kier molecular flexibility index (Phi) is 12.0. The van der Waals surface area contributed by atoms with Crippen molar-refractivity contribution in [3.05, 3.63) is 59.7 Å². The molecule has 0 saturated carbocycles. The summed E-state index contributed by atoms with van der Waals surface area (Å²) in [5.74, 6) is 1.53. The number of nitrogens with zero attached hydrogens (tertiary/aromatic N) is 2. The van der Waals surface area contributed by atoms with Gasteiger partial charge in [0.15, 0.2) is 13.5 Å². The van der Waals surface area contributed by atoms with Crippen LogP contribution in [0.1, 0.15) is 45.2 Å². The Bertz CT molecular complexity index is 1290. The Morgan fingerprint density at radius 2 is 1.49 bits per heavy atom. The first-order valence-corrected chi connectivity index (χ1v) is 19.2. The van der Waals surface area contributed by atoms with E-state index < -0.39 is 44.2 Å². The summed E-state index contributed by atoms with van der Waals surface area (Å²) >= 11 is 1.33. The maximum absolute atomic E-state index is 12.2. The first-order valence-electron chi connectivity index (χ1n) is 15.4. The van der Waals surface area contributed by atoms with E-state index in [1.807, 2.05) is 55.5 Å². The number of benzene rings is 2. The second kappa shape index (κ2) is 15.3. The number of carbonyl (C=O) groups is 1. The van der Waals surface area contributed by atoms with Gasteiger partial charge in [0.2, 0.25) is 0 Å². The minimum absolute atomic E-state index is 0.00838. The summed E-state index contributed by atoms with van der Waals surface area (Å²) in [6.07, 6.45) is -1.91. The van der Waals surface area contributed by atoms with Gasteiger partial charge < -0.3 is 33.2 Å². The van der Waals surface area contributed by atoms with E-state index in [2.05, 4.69) is 33.9 Å². The molecular weight excluding hydrogens is 613 g/mol. The fraction of sp³-hybridized carbons (Fsp3) is 0.576. The number of methoxy groups -OCH3 is 2. The molecular formula is C33H48N2O8SSi. The molecule has 45 heavy (non-hydrogen) atoms. The highest BCUT2D eigenvalue weighted by Crippen LogP contribution is 2.42. The maximum atomic E-state index is 12.2. The zero-order chi connectivity index (χ0) is 32.8. The molecule has 10 nitrogen and oxygen atoms in total. The van der Waals surface area contributed by atoms with E-state index in [0.29, 0.717) is 38.0 Å². The highest BCUT2D eigenvalue weighted by Gasteiger charge is 2.52. The van der Waals surface area contributed by atoms with Crippen LogP contribution in [0.3, 0.4) is 0 Å². The van der Waals surface area contributed by atoms with Crippen LogP contribution in [0.2, 0.25) is 18.1 Å². The Morgan fingerprint density at radius 3 is 1.96 bits per heavy atom. The van der Waals surface area contributed by atoms with E-state index in [1.165, 1.54) is 16.7 Å². The number of thioether (sulfide) groups is 1. The predicted molar refractivity (Wildman–Crippen MR) is 179 cm³/mol. The molecule has 0 aliphatic carbocycles. The second-order valence-corrected chi connectivity index (χ2v) is 18.7. The molecule has 0 bridgehead atoms. The highest BCUT2D eigenvalue weighted by molar-refractivity contribution is 8.14. The largest absolute Gasteiger partial charge is 0.497 e. The third-order valence-electron chi connectivity index (χ3n) is 8.62. The number of aliphatic imine (C=N–C) groups is 1. The smallest absolute Gasteiger partial charge is 0.413 e. The Morgan fingerprint density at radius 1 is 0.956 bits per heavy atom. The van der Waals surface area contributed by atoms with Gasteiger partial charge in [0.1, 0.15) is 41.3 Å². The molecule has 4 rings (SSSR count). The lowest BCUT2D eigenvalue weighted by Gasteiger charge is -2.44. The van der Waals surface area contributed by atoms with E-state index in [0.717, 1.165) is 22.6 Å². The third-order valence-corrected chi connectivity index (χ3v) is 14.3. The molecule has 0 aromatic heterocycles. The number of amides is 1. The molecule has 2 aliphatic rings. The Balaban J connectivity index is 1.67. The standard InChI is InChI=1S/C33H48N2O8SSi/c1-9-18-35(32(36)37)31-34-27-29(41-20-23-12-16-25(39-6)17-13-23)28(40-19-22-10-14-24(38-5)15-11-22)26(43-30(27)44-31)21-42-45(7,8)33(2,3)4/h10-17,26-30H,9,18-21H2,1-8H3,(H,36,37)/t26-,27-,28-,29-,30-/m1/s1. The minimum atomic E-state index is -2.13. The van der Waals surface area contributed by atoms with Gasteiger partial charge in [-0.15, -0.1) is 0 Å². The zero-order valence-corrected chi connectivity index (χ0v) is 29.5. The van der Waals surface area contributed by atoms with Crippen molar-refractivity contribution in [3.8, 4) is 11.5 Å². The topological polar surface area (TPSA) is 108 Å². The van der Waals surface area contributed by atoms with Crippen LogP contribution in [0.15, 0.2) is 53.5 Å².